The molecule has 1 amide bonds. The van der Waals surface area contributed by atoms with E-state index >= 15 is 0 Å². The number of nitrogens with one attached hydrogen (secondary N) is 1. The number of furan rings is 1. The summed E-state index contributed by atoms with van der Waals surface area (Å²) in [4.78, 5) is 15.7. The number of carbonyl (C=O) groups excluding carboxylic acids is 1. The Morgan fingerprint density at radius 3 is 2.77 bits per heavy atom. The molecule has 1 N–H and O–H groups in total. The number of aromatic nitrogens is 4. The number of rotatable bonds is 7. The number of methoxy groups -OCH3 is 1. The highest BCUT2D eigenvalue weighted by Gasteiger charge is 2.36. The third kappa shape index (κ3) is 3.94. The quantitative estimate of drug-likeness (QED) is 0.723. The summed E-state index contributed by atoms with van der Waals surface area (Å²) in [7, 11) is 1.67. The van der Waals surface area contributed by atoms with Gasteiger partial charge in [-0.1, -0.05) is 13.8 Å². The first-order valence-corrected chi connectivity index (χ1v) is 9.04. The lowest BCUT2D eigenvalue weighted by Crippen LogP contribution is -3.15. The molecule has 0 unspecified atom stereocenters. The van der Waals surface area contributed by atoms with Crippen molar-refractivity contribution < 1.29 is 18.8 Å². The fraction of sp³-hybridized carbons (Fsp3) is 0.647. The van der Waals surface area contributed by atoms with Crippen molar-refractivity contribution in [3.8, 4) is 0 Å². The molecule has 0 bridgehead atoms. The van der Waals surface area contributed by atoms with Crippen molar-refractivity contribution in [2.75, 3.05) is 39.9 Å². The van der Waals surface area contributed by atoms with Crippen molar-refractivity contribution in [2.45, 2.75) is 26.4 Å². The first kappa shape index (κ1) is 18.5. The molecule has 0 spiro atoms. The molecule has 0 aromatic carbocycles. The van der Waals surface area contributed by atoms with Crippen molar-refractivity contribution in [3.63, 3.8) is 0 Å². The highest BCUT2D eigenvalue weighted by Crippen LogP contribution is 2.16. The van der Waals surface area contributed by atoms with Gasteiger partial charge in [0.2, 0.25) is 5.82 Å². The van der Waals surface area contributed by atoms with Gasteiger partial charge >= 0.3 is 0 Å². The average Bonchev–Trinajstić information content (AvgIpc) is 3.32. The third-order valence-corrected chi connectivity index (χ3v) is 4.88. The van der Waals surface area contributed by atoms with Crippen LogP contribution in [0.3, 0.4) is 0 Å². The van der Waals surface area contributed by atoms with Crippen LogP contribution in [0.25, 0.3) is 0 Å². The van der Waals surface area contributed by atoms with E-state index in [1.807, 2.05) is 9.58 Å². The van der Waals surface area contributed by atoms with Crippen LogP contribution in [-0.4, -0.2) is 70.9 Å². The molecule has 1 fully saturated rings. The van der Waals surface area contributed by atoms with E-state index < -0.39 is 0 Å². The molecule has 1 aliphatic rings. The summed E-state index contributed by atoms with van der Waals surface area (Å²) < 4.78 is 12.2. The average molecular weight is 363 g/mol. The number of hydrogen-bond acceptors (Lipinski definition) is 6. The van der Waals surface area contributed by atoms with Crippen molar-refractivity contribution >= 4 is 5.91 Å². The minimum atomic E-state index is -0.0416. The number of quaternary nitrogens is 1. The van der Waals surface area contributed by atoms with Crippen LogP contribution in [-0.2, 0) is 11.3 Å². The zero-order valence-electron chi connectivity index (χ0n) is 15.6. The Labute approximate surface area is 152 Å². The van der Waals surface area contributed by atoms with Crippen LogP contribution in [0.5, 0.6) is 0 Å². The Hall–Kier alpha value is -2.26. The van der Waals surface area contributed by atoms with E-state index in [9.17, 15) is 4.79 Å². The summed E-state index contributed by atoms with van der Waals surface area (Å²) in [6.45, 7) is 8.68. The van der Waals surface area contributed by atoms with Gasteiger partial charge in [0.1, 0.15) is 0 Å². The highest BCUT2D eigenvalue weighted by atomic mass is 16.5. The molecule has 1 saturated heterocycles. The van der Waals surface area contributed by atoms with E-state index in [1.165, 1.54) is 11.2 Å². The van der Waals surface area contributed by atoms with Gasteiger partial charge in [0.05, 0.1) is 45.6 Å². The zero-order chi connectivity index (χ0) is 18.5. The smallest absolute Gasteiger partial charge is 0.289 e. The normalized spacial score (nSPS) is 17.0. The first-order chi connectivity index (χ1) is 12.6. The molecule has 142 valence electrons. The Balaban J connectivity index is 1.67. The number of hydrogen-bond donors (Lipinski definition) is 1. The van der Waals surface area contributed by atoms with Crippen molar-refractivity contribution in [1.82, 2.24) is 25.1 Å². The van der Waals surface area contributed by atoms with Crippen LogP contribution in [0.15, 0.2) is 22.8 Å². The molecule has 1 atom stereocenters. The second-order valence-electron chi connectivity index (χ2n) is 6.90. The second kappa shape index (κ2) is 8.41. The summed E-state index contributed by atoms with van der Waals surface area (Å²) in [5, 5.41) is 12.3. The summed E-state index contributed by atoms with van der Waals surface area (Å²) in [5.74, 6) is 1.62. The maximum Gasteiger partial charge on any atom is 0.289 e. The lowest BCUT2D eigenvalue weighted by Gasteiger charge is -2.37. The van der Waals surface area contributed by atoms with Crippen LogP contribution in [0, 0.1) is 5.92 Å². The monoisotopic (exact) mass is 363 g/mol. The number of amides is 1. The van der Waals surface area contributed by atoms with Gasteiger partial charge in [-0.2, -0.15) is 0 Å². The lowest BCUT2D eigenvalue weighted by atomic mass is 10.0. The Kier molecular flexibility index (Phi) is 6.00. The summed E-state index contributed by atoms with van der Waals surface area (Å²) >= 11 is 0. The Morgan fingerprint density at radius 2 is 2.15 bits per heavy atom. The molecular weight excluding hydrogens is 336 g/mol. The van der Waals surface area contributed by atoms with Crippen LogP contribution >= 0.6 is 0 Å². The van der Waals surface area contributed by atoms with Gasteiger partial charge in [-0.15, -0.1) is 5.10 Å². The van der Waals surface area contributed by atoms with Crippen LogP contribution in [0.1, 0.15) is 36.3 Å². The molecule has 2 aromatic rings. The molecule has 0 saturated carbocycles. The van der Waals surface area contributed by atoms with Gasteiger partial charge in [0, 0.05) is 13.0 Å². The van der Waals surface area contributed by atoms with Gasteiger partial charge in [-0.05, 0) is 22.6 Å². The molecule has 3 rings (SSSR count). The summed E-state index contributed by atoms with van der Waals surface area (Å²) in [5.41, 5.74) is 0. The number of ether oxygens (including phenoxy) is 1. The summed E-state index contributed by atoms with van der Waals surface area (Å²) in [6.07, 6.45) is 1.53. The maximum absolute atomic E-state index is 12.4. The van der Waals surface area contributed by atoms with Gasteiger partial charge in [-0.25, -0.2) is 4.68 Å². The molecule has 0 radical (unpaired) electrons. The molecule has 1 aliphatic heterocycles. The van der Waals surface area contributed by atoms with Crippen LogP contribution in [0.2, 0.25) is 0 Å². The van der Waals surface area contributed by atoms with E-state index in [0.29, 0.717) is 37.9 Å². The second-order valence-corrected chi connectivity index (χ2v) is 6.90. The van der Waals surface area contributed by atoms with Crippen molar-refractivity contribution in [2.24, 2.45) is 5.92 Å². The Bertz CT molecular complexity index is 691. The lowest BCUT2D eigenvalue weighted by molar-refractivity contribution is -0.940. The van der Waals surface area contributed by atoms with Crippen LogP contribution < -0.4 is 4.90 Å². The molecule has 26 heavy (non-hydrogen) atoms. The number of piperazine rings is 1. The number of nitrogens with zero attached hydrogens (tertiary/aromatic N) is 5. The van der Waals surface area contributed by atoms with Gasteiger partial charge in [-0.3, -0.25) is 4.79 Å². The SMILES string of the molecule is COCCn1nnnc1[C@H](C(C)C)[NH+]1CCN(C(=O)c2ccco2)CC1. The largest absolute Gasteiger partial charge is 0.459 e. The Morgan fingerprint density at radius 1 is 1.38 bits per heavy atom. The zero-order valence-corrected chi connectivity index (χ0v) is 15.6. The topological polar surface area (TPSA) is 90.7 Å². The highest BCUT2D eigenvalue weighted by molar-refractivity contribution is 5.91. The standard InChI is InChI=1S/C17H26N6O3/c1-13(2)15(16-18-19-20-23(16)10-12-25-3)21-6-8-22(9-7-21)17(24)14-5-4-11-26-14/h4-5,11,13,15H,6-10,12H2,1-3H3/p+1/t15-/m0/s1. The predicted octanol–water partition coefficient (Wildman–Crippen LogP) is -0.349. The first-order valence-electron chi connectivity index (χ1n) is 9.04. The molecule has 2 aromatic heterocycles. The van der Waals surface area contributed by atoms with E-state index in [-0.39, 0.29) is 11.9 Å². The summed E-state index contributed by atoms with van der Waals surface area (Å²) in [6, 6.07) is 3.63. The van der Waals surface area contributed by atoms with E-state index in [0.717, 1.165) is 18.9 Å². The predicted molar refractivity (Wildman–Crippen MR) is 92.6 cm³/mol. The van der Waals surface area contributed by atoms with Crippen molar-refractivity contribution in [1.29, 1.82) is 0 Å². The maximum atomic E-state index is 12.4. The molecule has 9 nitrogen and oxygen atoms in total. The van der Waals surface area contributed by atoms with E-state index in [4.69, 9.17) is 9.15 Å². The van der Waals surface area contributed by atoms with Gasteiger partial charge < -0.3 is 19.0 Å². The van der Waals surface area contributed by atoms with Crippen LogP contribution in [0.4, 0.5) is 0 Å². The van der Waals surface area contributed by atoms with E-state index in [1.54, 1.807) is 19.2 Å². The molecule has 3 heterocycles. The molecule has 9 heteroatoms. The fourth-order valence-electron chi connectivity index (χ4n) is 3.59. The van der Waals surface area contributed by atoms with Crippen molar-refractivity contribution in [3.05, 3.63) is 30.0 Å². The molecule has 0 aliphatic carbocycles. The third-order valence-electron chi connectivity index (χ3n) is 4.88. The minimum Gasteiger partial charge on any atom is -0.459 e. The number of carbonyl (C=O) groups is 1. The fourth-order valence-corrected chi connectivity index (χ4v) is 3.59. The van der Waals surface area contributed by atoms with Gasteiger partial charge in [0.25, 0.3) is 5.91 Å². The minimum absolute atomic E-state index is 0.0416. The number of tetrazole rings is 1. The van der Waals surface area contributed by atoms with Gasteiger partial charge in [0.15, 0.2) is 11.8 Å². The molecular formula is C17H27N6O3+. The van der Waals surface area contributed by atoms with E-state index in [2.05, 4.69) is 29.4 Å².